The number of fused-ring (bicyclic) bond motifs is 6. The van der Waals surface area contributed by atoms with E-state index in [2.05, 4.69) is 5.32 Å². The molecule has 8 rings (SSSR count). The maximum absolute atomic E-state index is 12.5. The van der Waals surface area contributed by atoms with Crippen molar-refractivity contribution in [1.29, 1.82) is 0 Å². The van der Waals surface area contributed by atoms with Gasteiger partial charge in [-0.25, -0.2) is 9.59 Å². The summed E-state index contributed by atoms with van der Waals surface area (Å²) in [5.74, 6) is 1.41. The molecule has 4 aromatic carbocycles. The van der Waals surface area contributed by atoms with E-state index in [9.17, 15) is 9.59 Å². The van der Waals surface area contributed by atoms with E-state index in [1.54, 1.807) is 12.1 Å². The lowest BCUT2D eigenvalue weighted by molar-refractivity contribution is 0.0254. The molecule has 0 bridgehead atoms. The Morgan fingerprint density at radius 2 is 1.06 bits per heavy atom. The number of nitrogens with zero attached hydrogens (tertiary/aromatic N) is 1. The molecule has 254 valence electrons. The summed E-state index contributed by atoms with van der Waals surface area (Å²) in [6, 6.07) is 23.0. The van der Waals surface area contributed by atoms with E-state index in [0.29, 0.717) is 33.4 Å². The molecular formula is C39H40N2O8. The van der Waals surface area contributed by atoms with Crippen LogP contribution in [0.4, 0.5) is 11.4 Å². The molecule has 10 nitrogen and oxygen atoms in total. The summed E-state index contributed by atoms with van der Waals surface area (Å²) >= 11 is 0. The van der Waals surface area contributed by atoms with E-state index in [1.807, 2.05) is 86.7 Å². The summed E-state index contributed by atoms with van der Waals surface area (Å²) in [6.07, 6.45) is 3.77. The van der Waals surface area contributed by atoms with Gasteiger partial charge < -0.3 is 38.0 Å². The van der Waals surface area contributed by atoms with Crippen LogP contribution in [0.1, 0.15) is 25.7 Å². The maximum Gasteiger partial charge on any atom is 0.344 e. The van der Waals surface area contributed by atoms with Crippen LogP contribution in [-0.2, 0) is 9.47 Å². The van der Waals surface area contributed by atoms with Crippen molar-refractivity contribution in [2.45, 2.75) is 37.9 Å². The second-order valence-electron chi connectivity index (χ2n) is 12.6. The quantitative estimate of drug-likeness (QED) is 0.146. The minimum atomic E-state index is -0.344. The molecule has 2 fully saturated rings. The summed E-state index contributed by atoms with van der Waals surface area (Å²) in [4.78, 5) is 26.8. The second-order valence-corrected chi connectivity index (χ2v) is 12.6. The fourth-order valence-corrected chi connectivity index (χ4v) is 6.36. The zero-order valence-corrected chi connectivity index (χ0v) is 28.0. The van der Waals surface area contributed by atoms with E-state index in [-0.39, 0.29) is 23.5 Å². The van der Waals surface area contributed by atoms with Crippen LogP contribution in [-0.4, -0.2) is 59.8 Å². The molecule has 49 heavy (non-hydrogen) atoms. The highest BCUT2D eigenvalue weighted by molar-refractivity contribution is 6.06. The van der Waals surface area contributed by atoms with Crippen LogP contribution < -0.4 is 30.9 Å². The normalized spacial score (nSPS) is 15.7. The van der Waals surface area contributed by atoms with Crippen molar-refractivity contribution in [3.63, 3.8) is 0 Å². The highest BCUT2D eigenvalue weighted by Gasteiger charge is 2.18. The number of hydrogen-bond donors (Lipinski definition) is 1. The molecule has 2 aliphatic heterocycles. The summed E-state index contributed by atoms with van der Waals surface area (Å²) in [5, 5.41) is 7.75. The lowest BCUT2D eigenvalue weighted by Gasteiger charge is -2.23. The predicted octanol–water partition coefficient (Wildman–Crippen LogP) is 7.12. The van der Waals surface area contributed by atoms with Gasteiger partial charge in [-0.3, -0.25) is 0 Å². The molecule has 4 heterocycles. The van der Waals surface area contributed by atoms with Crippen LogP contribution in [0.5, 0.6) is 11.5 Å². The number of benzene rings is 4. The molecule has 2 aromatic heterocycles. The minimum Gasteiger partial charge on any atom is -0.490 e. The lowest BCUT2D eigenvalue weighted by atomic mass is 10.1. The summed E-state index contributed by atoms with van der Waals surface area (Å²) in [6.45, 7) is 2.89. The van der Waals surface area contributed by atoms with Gasteiger partial charge in [-0.2, -0.15) is 0 Å². The SMILES string of the molecule is CN(C)c1ccc2c(c1)oc(=O)c1cc(OC3CCOCC3)ccc12.CNc1ccc2c(c1)oc(=O)c1cc(OC3CCOCC3)ccc12. The molecule has 0 spiro atoms. The van der Waals surface area contributed by atoms with Crippen LogP contribution in [0, 0.1) is 0 Å². The van der Waals surface area contributed by atoms with Crippen molar-refractivity contribution >= 4 is 54.9 Å². The van der Waals surface area contributed by atoms with Gasteiger partial charge in [0.1, 0.15) is 34.9 Å². The van der Waals surface area contributed by atoms with Crippen LogP contribution in [0.25, 0.3) is 43.5 Å². The number of rotatable bonds is 6. The van der Waals surface area contributed by atoms with E-state index < -0.39 is 0 Å². The van der Waals surface area contributed by atoms with E-state index in [1.165, 1.54) is 0 Å². The average Bonchev–Trinajstić information content (AvgIpc) is 3.12. The standard InChI is InChI=1S/C20H21NO4.C19H19NO4/c1-21(2)13-3-5-17-16-6-4-15(24-14-7-9-23-10-8-14)12-18(16)20(22)25-19(17)11-13;1-20-12-2-4-16-15-5-3-14(23-13-6-8-22-9-7-13)11-17(15)19(21)24-18(16)10-12/h3-6,11-12,14H,7-10H2,1-2H3;2-5,10-11,13,20H,6-9H2,1H3. The molecule has 0 amide bonds. The molecular weight excluding hydrogens is 624 g/mol. The van der Waals surface area contributed by atoms with E-state index in [4.69, 9.17) is 27.8 Å². The molecule has 1 N–H and O–H groups in total. The van der Waals surface area contributed by atoms with Gasteiger partial charge in [-0.1, -0.05) is 0 Å². The Labute approximate surface area is 283 Å². The Hall–Kier alpha value is -5.06. The van der Waals surface area contributed by atoms with Gasteiger partial charge in [-0.05, 0) is 60.7 Å². The molecule has 2 saturated heterocycles. The van der Waals surface area contributed by atoms with Crippen molar-refractivity contribution < 1.29 is 27.8 Å². The van der Waals surface area contributed by atoms with Crippen molar-refractivity contribution in [3.05, 3.63) is 93.6 Å². The highest BCUT2D eigenvalue weighted by Crippen LogP contribution is 2.31. The van der Waals surface area contributed by atoms with E-state index in [0.717, 1.165) is 85.0 Å². The van der Waals surface area contributed by atoms with Crippen LogP contribution in [0.2, 0.25) is 0 Å². The molecule has 0 atom stereocenters. The maximum atomic E-state index is 12.5. The highest BCUT2D eigenvalue weighted by atomic mass is 16.5. The van der Waals surface area contributed by atoms with Crippen LogP contribution in [0.15, 0.2) is 91.2 Å². The third-order valence-corrected chi connectivity index (χ3v) is 9.10. The Balaban J connectivity index is 0.000000154. The Bertz CT molecular complexity index is 2230. The van der Waals surface area contributed by atoms with Crippen molar-refractivity contribution in [2.75, 3.05) is 57.8 Å². The van der Waals surface area contributed by atoms with Gasteiger partial charge >= 0.3 is 11.3 Å². The van der Waals surface area contributed by atoms with Crippen molar-refractivity contribution in [3.8, 4) is 11.5 Å². The average molecular weight is 665 g/mol. The molecule has 0 radical (unpaired) electrons. The molecule has 0 unspecified atom stereocenters. The zero-order chi connectivity index (χ0) is 33.9. The first-order chi connectivity index (χ1) is 23.9. The third kappa shape index (κ3) is 7.06. The van der Waals surface area contributed by atoms with E-state index >= 15 is 0 Å². The van der Waals surface area contributed by atoms with Gasteiger partial charge in [0, 0.05) is 91.9 Å². The Kier molecular flexibility index (Phi) is 9.41. The lowest BCUT2D eigenvalue weighted by Crippen LogP contribution is -2.25. The largest absolute Gasteiger partial charge is 0.490 e. The summed E-state index contributed by atoms with van der Waals surface area (Å²) in [5.41, 5.74) is 2.40. The smallest absolute Gasteiger partial charge is 0.344 e. The Morgan fingerprint density at radius 1 is 0.592 bits per heavy atom. The van der Waals surface area contributed by atoms with Gasteiger partial charge in [0.15, 0.2) is 0 Å². The first-order valence-corrected chi connectivity index (χ1v) is 16.7. The van der Waals surface area contributed by atoms with Gasteiger partial charge in [0.2, 0.25) is 0 Å². The number of nitrogens with one attached hydrogen (secondary N) is 1. The second kappa shape index (κ2) is 14.2. The topological polar surface area (TPSA) is 113 Å². The molecule has 2 aliphatic rings. The number of ether oxygens (including phenoxy) is 4. The fourth-order valence-electron chi connectivity index (χ4n) is 6.36. The summed E-state index contributed by atoms with van der Waals surface area (Å²) in [7, 11) is 5.75. The van der Waals surface area contributed by atoms with Crippen LogP contribution >= 0.6 is 0 Å². The zero-order valence-electron chi connectivity index (χ0n) is 28.0. The van der Waals surface area contributed by atoms with Crippen LogP contribution in [0.3, 0.4) is 0 Å². The molecule has 0 aliphatic carbocycles. The molecule has 6 aromatic rings. The monoisotopic (exact) mass is 664 g/mol. The minimum absolute atomic E-state index is 0.140. The third-order valence-electron chi connectivity index (χ3n) is 9.10. The fraction of sp³-hybridized carbons (Fsp3) is 0.333. The number of hydrogen-bond acceptors (Lipinski definition) is 10. The predicted molar refractivity (Wildman–Crippen MR) is 193 cm³/mol. The number of anilines is 2. The van der Waals surface area contributed by atoms with Crippen molar-refractivity contribution in [2.24, 2.45) is 0 Å². The van der Waals surface area contributed by atoms with Crippen molar-refractivity contribution in [1.82, 2.24) is 0 Å². The van der Waals surface area contributed by atoms with Gasteiger partial charge in [0.05, 0.1) is 37.2 Å². The van der Waals surface area contributed by atoms with Gasteiger partial charge in [0.25, 0.3) is 0 Å². The Morgan fingerprint density at radius 3 is 1.55 bits per heavy atom. The molecule has 10 heteroatoms. The first-order valence-electron chi connectivity index (χ1n) is 16.7. The summed E-state index contributed by atoms with van der Waals surface area (Å²) < 4.78 is 33.8. The molecule has 0 saturated carbocycles. The first kappa shape index (κ1) is 32.5. The van der Waals surface area contributed by atoms with Gasteiger partial charge in [-0.15, -0.1) is 0 Å².